The summed E-state index contributed by atoms with van der Waals surface area (Å²) in [5.74, 6) is 4.52. The summed E-state index contributed by atoms with van der Waals surface area (Å²) in [6, 6.07) is 0. The Morgan fingerprint density at radius 1 is 1.14 bits per heavy atom. The maximum absolute atomic E-state index is 12.6. The van der Waals surface area contributed by atoms with Crippen LogP contribution in [0, 0.1) is 41.4 Å². The van der Waals surface area contributed by atoms with Crippen LogP contribution in [0.3, 0.4) is 0 Å². The van der Waals surface area contributed by atoms with Gasteiger partial charge in [-0.3, -0.25) is 4.79 Å². The van der Waals surface area contributed by atoms with E-state index in [4.69, 9.17) is 9.47 Å². The molecule has 5 fully saturated rings. The van der Waals surface area contributed by atoms with Crippen molar-refractivity contribution in [3.8, 4) is 0 Å². The molecule has 1 heterocycles. The van der Waals surface area contributed by atoms with Gasteiger partial charge in [-0.2, -0.15) is 0 Å². The summed E-state index contributed by atoms with van der Waals surface area (Å²) in [4.78, 5) is 12.6. The number of carbonyl (C=O) groups excluding carboxylic acids is 1. The first kappa shape index (κ1) is 20.3. The van der Waals surface area contributed by atoms with Crippen molar-refractivity contribution in [1.82, 2.24) is 0 Å². The van der Waals surface area contributed by atoms with Crippen LogP contribution < -0.4 is 0 Å². The molecule has 1 saturated heterocycles. The van der Waals surface area contributed by atoms with E-state index in [1.54, 1.807) is 0 Å². The number of carbonyl (C=O) groups is 1. The van der Waals surface area contributed by atoms with E-state index in [9.17, 15) is 9.90 Å². The van der Waals surface area contributed by atoms with Gasteiger partial charge in [0.2, 0.25) is 0 Å². The highest BCUT2D eigenvalue weighted by molar-refractivity contribution is 5.70. The highest BCUT2D eigenvalue weighted by Crippen LogP contribution is 2.62. The van der Waals surface area contributed by atoms with Gasteiger partial charge in [-0.05, 0) is 106 Å². The third kappa shape index (κ3) is 3.37. The third-order valence-electron chi connectivity index (χ3n) is 9.70. The topological polar surface area (TPSA) is 55.8 Å². The van der Waals surface area contributed by atoms with E-state index in [0.29, 0.717) is 35.9 Å². The molecule has 0 spiro atoms. The van der Waals surface area contributed by atoms with E-state index in [1.807, 2.05) is 0 Å². The number of hydrogen-bond donors (Lipinski definition) is 1. The van der Waals surface area contributed by atoms with E-state index in [1.165, 1.54) is 32.1 Å². The van der Waals surface area contributed by atoms with Gasteiger partial charge < -0.3 is 14.6 Å². The van der Waals surface area contributed by atoms with E-state index in [-0.39, 0.29) is 18.0 Å². The van der Waals surface area contributed by atoms with Crippen molar-refractivity contribution >= 4 is 5.97 Å². The van der Waals surface area contributed by atoms with Crippen molar-refractivity contribution in [2.45, 2.75) is 109 Å². The van der Waals surface area contributed by atoms with Gasteiger partial charge in [0, 0.05) is 0 Å². The predicted octanol–water partition coefficient (Wildman–Crippen LogP) is 4.73. The number of aliphatic hydroxyl groups is 1. The van der Waals surface area contributed by atoms with Gasteiger partial charge in [0.05, 0.1) is 24.7 Å². The SMILES string of the molecule is CCC1OC(CC)C2C3CC(CC3CC(O)CC(=O)OC3(C)CC4CCC3C4)C12. The van der Waals surface area contributed by atoms with Crippen molar-refractivity contribution in [3.05, 3.63) is 0 Å². The summed E-state index contributed by atoms with van der Waals surface area (Å²) in [6.45, 7) is 6.63. The predicted molar refractivity (Wildman–Crippen MR) is 111 cm³/mol. The van der Waals surface area contributed by atoms with Crippen molar-refractivity contribution < 1.29 is 19.4 Å². The molecule has 5 rings (SSSR count). The summed E-state index contributed by atoms with van der Waals surface area (Å²) in [5, 5.41) is 10.7. The molecule has 0 radical (unpaired) electrons. The van der Waals surface area contributed by atoms with Crippen LogP contribution in [0.1, 0.15) is 85.0 Å². The second-order valence-electron chi connectivity index (χ2n) is 11.3. The highest BCUT2D eigenvalue weighted by Gasteiger charge is 2.60. The monoisotopic (exact) mass is 404 g/mol. The first-order valence-electron chi connectivity index (χ1n) is 12.5. The highest BCUT2D eigenvalue weighted by atomic mass is 16.6. The van der Waals surface area contributed by atoms with Crippen LogP contribution in [0.5, 0.6) is 0 Å². The van der Waals surface area contributed by atoms with Gasteiger partial charge in [-0.25, -0.2) is 0 Å². The second kappa shape index (κ2) is 7.51. The van der Waals surface area contributed by atoms with E-state index in [2.05, 4.69) is 20.8 Å². The van der Waals surface area contributed by atoms with Crippen LogP contribution in [-0.2, 0) is 14.3 Å². The standard InChI is InChI=1S/C25H40O4/c1-4-20-23-16-9-15(19(11-16)24(23)21(5-2)28-20)10-18(26)12-22(27)29-25(3)13-14-6-7-17(25)8-14/h14-21,23-24,26H,4-13H2,1-3H3. The zero-order valence-corrected chi connectivity index (χ0v) is 18.5. The molecule has 164 valence electrons. The molecule has 0 aromatic carbocycles. The quantitative estimate of drug-likeness (QED) is 0.624. The average molecular weight is 405 g/mol. The lowest BCUT2D eigenvalue weighted by molar-refractivity contribution is -0.165. The molecule has 4 bridgehead atoms. The minimum absolute atomic E-state index is 0.167. The zero-order chi connectivity index (χ0) is 20.3. The van der Waals surface area contributed by atoms with Crippen molar-refractivity contribution in [2.24, 2.45) is 41.4 Å². The molecular weight excluding hydrogens is 364 g/mol. The number of fused-ring (bicyclic) bond motifs is 7. The first-order chi connectivity index (χ1) is 13.9. The fourth-order valence-electron chi connectivity index (χ4n) is 8.68. The van der Waals surface area contributed by atoms with Crippen LogP contribution in [-0.4, -0.2) is 35.0 Å². The molecule has 5 aliphatic rings. The maximum Gasteiger partial charge on any atom is 0.308 e. The summed E-state index contributed by atoms with van der Waals surface area (Å²) in [6.07, 6.45) is 10.7. The molecule has 11 atom stereocenters. The summed E-state index contributed by atoms with van der Waals surface area (Å²) in [5.41, 5.74) is -0.274. The lowest BCUT2D eigenvalue weighted by Crippen LogP contribution is -2.38. The van der Waals surface area contributed by atoms with E-state index in [0.717, 1.165) is 43.4 Å². The Hall–Kier alpha value is -0.610. The zero-order valence-electron chi connectivity index (χ0n) is 18.5. The maximum atomic E-state index is 12.6. The van der Waals surface area contributed by atoms with E-state index < -0.39 is 6.10 Å². The summed E-state index contributed by atoms with van der Waals surface area (Å²) < 4.78 is 12.3. The molecule has 1 N–H and O–H groups in total. The number of aliphatic hydroxyl groups excluding tert-OH is 1. The third-order valence-corrected chi connectivity index (χ3v) is 9.70. The smallest absolute Gasteiger partial charge is 0.308 e. The van der Waals surface area contributed by atoms with Crippen LogP contribution in [0.2, 0.25) is 0 Å². The molecule has 0 aromatic rings. The molecule has 0 aromatic heterocycles. The van der Waals surface area contributed by atoms with Crippen molar-refractivity contribution in [2.75, 3.05) is 0 Å². The molecule has 4 saturated carbocycles. The number of rotatable bonds is 7. The van der Waals surface area contributed by atoms with Crippen LogP contribution in [0.15, 0.2) is 0 Å². The molecule has 4 aliphatic carbocycles. The van der Waals surface area contributed by atoms with Gasteiger partial charge in [-0.1, -0.05) is 13.8 Å². The van der Waals surface area contributed by atoms with Crippen molar-refractivity contribution in [3.63, 3.8) is 0 Å². The molecular formula is C25H40O4. The Morgan fingerprint density at radius 2 is 1.90 bits per heavy atom. The number of esters is 1. The Kier molecular flexibility index (Phi) is 5.26. The molecule has 4 heteroatoms. The van der Waals surface area contributed by atoms with Gasteiger partial charge >= 0.3 is 5.97 Å². The minimum Gasteiger partial charge on any atom is -0.459 e. The largest absolute Gasteiger partial charge is 0.459 e. The Balaban J connectivity index is 1.15. The Bertz CT molecular complexity index is 634. The fraction of sp³-hybridized carbons (Fsp3) is 0.960. The molecule has 4 nitrogen and oxygen atoms in total. The molecule has 11 unspecified atom stereocenters. The van der Waals surface area contributed by atoms with Crippen LogP contribution in [0.25, 0.3) is 0 Å². The van der Waals surface area contributed by atoms with Crippen LogP contribution in [0.4, 0.5) is 0 Å². The number of hydrogen-bond acceptors (Lipinski definition) is 4. The Labute approximate surface area is 176 Å². The number of ether oxygens (including phenoxy) is 2. The molecule has 29 heavy (non-hydrogen) atoms. The summed E-state index contributed by atoms with van der Waals surface area (Å²) in [7, 11) is 0. The molecule has 1 aliphatic heterocycles. The normalized spacial score (nSPS) is 50.8. The second-order valence-corrected chi connectivity index (χ2v) is 11.3. The average Bonchev–Trinajstić information content (AvgIpc) is 3.44. The van der Waals surface area contributed by atoms with Gasteiger partial charge in [-0.15, -0.1) is 0 Å². The minimum atomic E-state index is -0.558. The first-order valence-corrected chi connectivity index (χ1v) is 12.5. The van der Waals surface area contributed by atoms with Crippen molar-refractivity contribution in [1.29, 1.82) is 0 Å². The lowest BCUT2D eigenvalue weighted by atomic mass is 9.69. The molecule has 0 amide bonds. The van der Waals surface area contributed by atoms with Gasteiger partial charge in [0.1, 0.15) is 5.60 Å². The van der Waals surface area contributed by atoms with E-state index >= 15 is 0 Å². The Morgan fingerprint density at radius 3 is 2.55 bits per heavy atom. The van der Waals surface area contributed by atoms with Gasteiger partial charge in [0.15, 0.2) is 0 Å². The lowest BCUT2D eigenvalue weighted by Gasteiger charge is -2.35. The summed E-state index contributed by atoms with van der Waals surface area (Å²) >= 11 is 0. The fourth-order valence-corrected chi connectivity index (χ4v) is 8.68. The van der Waals surface area contributed by atoms with Gasteiger partial charge in [0.25, 0.3) is 0 Å². The van der Waals surface area contributed by atoms with Crippen LogP contribution >= 0.6 is 0 Å².